The van der Waals surface area contributed by atoms with Gasteiger partial charge in [-0.25, -0.2) is 0 Å². The smallest absolute Gasteiger partial charge is 0.372 e. The zero-order valence-electron chi connectivity index (χ0n) is 20.1. The van der Waals surface area contributed by atoms with Gasteiger partial charge in [-0.1, -0.05) is 21.6 Å². The normalized spacial score (nSPS) is 34.6. The molecule has 6 aliphatic rings. The molecule has 198 valence electrons. The first-order valence-corrected chi connectivity index (χ1v) is 21.7. The van der Waals surface area contributed by atoms with E-state index >= 15 is 0 Å². The maximum Gasteiger partial charge on any atom is 0.501 e. The van der Waals surface area contributed by atoms with Gasteiger partial charge in [-0.05, 0) is 45.3 Å². The zero-order valence-corrected chi connectivity index (χ0v) is 25.4. The average molecular weight is 589 g/mol. The Morgan fingerprint density at radius 2 is 0.794 bits per heavy atom. The Balaban J connectivity index is 0.978. The Morgan fingerprint density at radius 1 is 0.471 bits per heavy atom. The Bertz CT molecular complexity index is 490. The van der Waals surface area contributed by atoms with Gasteiger partial charge in [-0.2, -0.15) is 0 Å². The largest absolute Gasteiger partial charge is 0.501 e. The highest BCUT2D eigenvalue weighted by Crippen LogP contribution is 2.43. The van der Waals surface area contributed by atoms with Crippen LogP contribution in [-0.4, -0.2) is 118 Å². The van der Waals surface area contributed by atoms with Crippen molar-refractivity contribution in [2.24, 2.45) is 0 Å². The third-order valence-corrected chi connectivity index (χ3v) is 18.9. The van der Waals surface area contributed by atoms with Crippen LogP contribution < -0.4 is 0 Å². The van der Waals surface area contributed by atoms with Crippen molar-refractivity contribution in [3.63, 3.8) is 0 Å². The molecule has 0 aromatic rings. The molecule has 14 heteroatoms. The highest BCUT2D eigenvalue weighted by molar-refractivity contribution is 9.26. The van der Waals surface area contributed by atoms with Crippen molar-refractivity contribution in [2.45, 2.75) is 37.8 Å². The minimum atomic E-state index is -2.43. The SMILES string of the molecule is C(CC[Si]12OCCN(CCO1)CCO2)CSSSSCCCC[Si]12OCCN(CCO1)CCO2. The van der Waals surface area contributed by atoms with Crippen LogP contribution in [0.25, 0.3) is 0 Å². The van der Waals surface area contributed by atoms with Gasteiger partial charge in [0.1, 0.15) is 0 Å². The quantitative estimate of drug-likeness (QED) is 0.178. The zero-order chi connectivity index (χ0) is 23.4. The second-order valence-corrected chi connectivity index (χ2v) is 20.5. The summed E-state index contributed by atoms with van der Waals surface area (Å²) in [5, 5.41) is 0. The van der Waals surface area contributed by atoms with Crippen LogP contribution in [0.4, 0.5) is 0 Å². The van der Waals surface area contributed by atoms with E-state index in [1.54, 1.807) is 0 Å². The molecule has 0 unspecified atom stereocenters. The molecule has 6 fully saturated rings. The third-order valence-electron chi connectivity index (χ3n) is 6.42. The fraction of sp³-hybridized carbons (Fsp3) is 1.00. The third kappa shape index (κ3) is 9.67. The summed E-state index contributed by atoms with van der Waals surface area (Å²) in [6.45, 7) is 10.6. The molecule has 0 saturated carbocycles. The van der Waals surface area contributed by atoms with Crippen molar-refractivity contribution in [1.29, 1.82) is 0 Å². The van der Waals surface area contributed by atoms with Gasteiger partial charge in [0, 0.05) is 62.9 Å². The van der Waals surface area contributed by atoms with Crippen LogP contribution >= 0.6 is 41.2 Å². The highest BCUT2D eigenvalue weighted by Gasteiger charge is 2.44. The predicted octanol–water partition coefficient (Wildman–Crippen LogP) is 3.86. The number of rotatable bonds is 13. The lowest BCUT2D eigenvalue weighted by molar-refractivity contribution is -0.00902. The van der Waals surface area contributed by atoms with Crippen molar-refractivity contribution in [3.05, 3.63) is 0 Å². The number of nitrogens with zero attached hydrogens (tertiary/aromatic N) is 2. The first kappa shape index (κ1) is 28.5. The standard InChI is InChI=1S/C20H40N2O6S4Si2/c1(3-19-33-23-11-5-21(6-12-24-33)7-13-25-33)17-29-31-32-30-18-2-4-20-34-26-14-8-22(9-15-27-34)10-16-28-34/h1-20H2. The summed E-state index contributed by atoms with van der Waals surface area (Å²) in [6.07, 6.45) is 4.61. The van der Waals surface area contributed by atoms with Crippen LogP contribution in [0.2, 0.25) is 12.1 Å². The summed E-state index contributed by atoms with van der Waals surface area (Å²) in [5.74, 6) is 2.32. The molecule has 0 spiro atoms. The predicted molar refractivity (Wildman–Crippen MR) is 148 cm³/mol. The summed E-state index contributed by atoms with van der Waals surface area (Å²) in [5.41, 5.74) is 0. The second kappa shape index (κ2) is 15.8. The molecule has 6 aliphatic heterocycles. The topological polar surface area (TPSA) is 61.9 Å². The lowest BCUT2D eigenvalue weighted by Crippen LogP contribution is -2.54. The molecule has 0 amide bonds. The Labute approximate surface area is 222 Å². The molecule has 0 aromatic heterocycles. The second-order valence-electron chi connectivity index (χ2n) is 8.83. The molecule has 6 saturated heterocycles. The first-order valence-electron chi connectivity index (χ1n) is 12.6. The molecular formula is C20H40N2O6S4Si2. The van der Waals surface area contributed by atoms with Gasteiger partial charge in [-0.3, -0.25) is 9.80 Å². The molecular weight excluding hydrogens is 549 g/mol. The van der Waals surface area contributed by atoms with Crippen molar-refractivity contribution >= 4 is 58.8 Å². The summed E-state index contributed by atoms with van der Waals surface area (Å²) >= 11 is 0. The van der Waals surface area contributed by atoms with Gasteiger partial charge in [-0.15, -0.1) is 0 Å². The van der Waals surface area contributed by atoms with Crippen molar-refractivity contribution in [2.75, 3.05) is 90.4 Å². The monoisotopic (exact) mass is 588 g/mol. The summed E-state index contributed by atoms with van der Waals surface area (Å²) < 4.78 is 36.7. The maximum atomic E-state index is 6.12. The molecule has 0 aromatic carbocycles. The van der Waals surface area contributed by atoms with E-state index < -0.39 is 17.6 Å². The Morgan fingerprint density at radius 3 is 1.12 bits per heavy atom. The fourth-order valence-electron chi connectivity index (χ4n) is 4.45. The van der Waals surface area contributed by atoms with Crippen LogP contribution in [0, 0.1) is 0 Å². The lowest BCUT2D eigenvalue weighted by Gasteiger charge is -2.38. The minimum Gasteiger partial charge on any atom is -0.372 e. The highest BCUT2D eigenvalue weighted by atomic mass is 33.7. The van der Waals surface area contributed by atoms with Gasteiger partial charge >= 0.3 is 17.6 Å². The molecule has 4 bridgehead atoms. The van der Waals surface area contributed by atoms with Crippen LogP contribution in [0.5, 0.6) is 0 Å². The van der Waals surface area contributed by atoms with Crippen molar-refractivity contribution in [3.8, 4) is 0 Å². The van der Waals surface area contributed by atoms with Gasteiger partial charge < -0.3 is 26.6 Å². The van der Waals surface area contributed by atoms with Gasteiger partial charge in [0.2, 0.25) is 0 Å². The van der Waals surface area contributed by atoms with E-state index in [1.807, 2.05) is 41.2 Å². The molecule has 6 rings (SSSR count). The van der Waals surface area contributed by atoms with Crippen LogP contribution in [0.15, 0.2) is 0 Å². The number of unbranched alkanes of at least 4 members (excludes halogenated alkanes) is 2. The maximum absolute atomic E-state index is 6.12. The van der Waals surface area contributed by atoms with Crippen LogP contribution in [-0.2, 0) is 26.6 Å². The average Bonchev–Trinajstić information content (AvgIpc) is 2.75. The van der Waals surface area contributed by atoms with Crippen LogP contribution in [0.1, 0.15) is 25.7 Å². The van der Waals surface area contributed by atoms with E-state index in [9.17, 15) is 0 Å². The van der Waals surface area contributed by atoms with Crippen LogP contribution in [0.3, 0.4) is 0 Å². The molecule has 0 atom stereocenters. The van der Waals surface area contributed by atoms with Gasteiger partial charge in [0.15, 0.2) is 0 Å². The molecule has 0 aliphatic carbocycles. The van der Waals surface area contributed by atoms with Gasteiger partial charge in [0.05, 0.1) is 39.6 Å². The van der Waals surface area contributed by atoms with Crippen molar-refractivity contribution in [1.82, 2.24) is 9.80 Å². The number of hydrogen-bond acceptors (Lipinski definition) is 12. The van der Waals surface area contributed by atoms with E-state index in [-0.39, 0.29) is 0 Å². The Kier molecular flexibility index (Phi) is 13.3. The Hall–Kier alpha value is 1.51. The molecule has 8 nitrogen and oxygen atoms in total. The number of fused-ring (bicyclic) bond motifs is 12. The van der Waals surface area contributed by atoms with Crippen molar-refractivity contribution < 1.29 is 26.6 Å². The summed E-state index contributed by atoms with van der Waals surface area (Å²) in [7, 11) is 2.87. The summed E-state index contributed by atoms with van der Waals surface area (Å²) in [4.78, 5) is 4.73. The first-order chi connectivity index (χ1) is 16.8. The van der Waals surface area contributed by atoms with E-state index in [0.29, 0.717) is 0 Å². The molecule has 0 radical (unpaired) electrons. The molecule has 6 heterocycles. The fourth-order valence-corrected chi connectivity index (χ4v) is 15.9. The molecule has 34 heavy (non-hydrogen) atoms. The molecule has 0 N–H and O–H groups in total. The van der Waals surface area contributed by atoms with E-state index in [2.05, 4.69) is 9.80 Å². The van der Waals surface area contributed by atoms with E-state index in [4.69, 9.17) is 26.6 Å². The lowest BCUT2D eigenvalue weighted by atomic mass is 10.4. The minimum absolute atomic E-state index is 0.750. The summed E-state index contributed by atoms with van der Waals surface area (Å²) in [6, 6.07) is 1.92. The van der Waals surface area contributed by atoms with E-state index in [1.165, 1.54) is 12.8 Å². The number of hydrogen-bond donors (Lipinski definition) is 0. The van der Waals surface area contributed by atoms with E-state index in [0.717, 1.165) is 115 Å². The van der Waals surface area contributed by atoms with Gasteiger partial charge in [0.25, 0.3) is 0 Å².